The van der Waals surface area contributed by atoms with E-state index in [1.165, 1.54) is 17.0 Å². The van der Waals surface area contributed by atoms with Crippen LogP contribution in [0.5, 0.6) is 0 Å². The molecule has 4 rings (SSSR count). The van der Waals surface area contributed by atoms with Gasteiger partial charge >= 0.3 is 0 Å². The summed E-state index contributed by atoms with van der Waals surface area (Å²) < 4.78 is 13.1. The van der Waals surface area contributed by atoms with Gasteiger partial charge in [0.05, 0.1) is 12.1 Å². The van der Waals surface area contributed by atoms with Gasteiger partial charge < -0.3 is 10.6 Å². The van der Waals surface area contributed by atoms with Crippen molar-refractivity contribution in [1.82, 2.24) is 9.97 Å². The molecule has 2 heterocycles. The lowest BCUT2D eigenvalue weighted by atomic mass is 10.2. The van der Waals surface area contributed by atoms with Gasteiger partial charge in [0.1, 0.15) is 11.6 Å². The Morgan fingerprint density at radius 1 is 0.846 bits per heavy atom. The highest BCUT2D eigenvalue weighted by Gasteiger charge is 2.08. The number of hydrogen-bond donors (Lipinski definition) is 2. The summed E-state index contributed by atoms with van der Waals surface area (Å²) in [5.41, 5.74) is 1.86. The Morgan fingerprint density at radius 3 is 2.50 bits per heavy atom. The molecule has 0 aliphatic heterocycles. The van der Waals surface area contributed by atoms with E-state index in [0.29, 0.717) is 19.0 Å². The summed E-state index contributed by atoms with van der Waals surface area (Å²) in [7, 11) is 0. The summed E-state index contributed by atoms with van der Waals surface area (Å²) in [6.07, 6.45) is 0. The van der Waals surface area contributed by atoms with Crippen LogP contribution in [0.2, 0.25) is 0 Å². The van der Waals surface area contributed by atoms with Gasteiger partial charge in [-0.3, -0.25) is 0 Å². The first-order valence-electron chi connectivity index (χ1n) is 8.29. The number of rotatable bonds is 6. The van der Waals surface area contributed by atoms with Crippen molar-refractivity contribution < 1.29 is 4.39 Å². The van der Waals surface area contributed by atoms with Gasteiger partial charge in [-0.2, -0.15) is 4.98 Å². The van der Waals surface area contributed by atoms with E-state index in [1.54, 1.807) is 23.5 Å². The molecule has 0 radical (unpaired) electrons. The molecule has 0 aliphatic carbocycles. The van der Waals surface area contributed by atoms with Crippen molar-refractivity contribution in [3.63, 3.8) is 0 Å². The number of aromatic nitrogens is 2. The number of halogens is 1. The third-order valence-electron chi connectivity index (χ3n) is 3.98. The molecular formula is C20H17FN4S. The molecule has 26 heavy (non-hydrogen) atoms. The zero-order valence-corrected chi connectivity index (χ0v) is 14.8. The van der Waals surface area contributed by atoms with Gasteiger partial charge in [-0.15, -0.1) is 11.3 Å². The van der Waals surface area contributed by atoms with Crippen molar-refractivity contribution in [3.8, 4) is 0 Å². The van der Waals surface area contributed by atoms with Gasteiger partial charge in [0.25, 0.3) is 0 Å². The molecule has 2 aromatic heterocycles. The highest BCUT2D eigenvalue weighted by Crippen LogP contribution is 2.23. The zero-order valence-electron chi connectivity index (χ0n) is 13.9. The van der Waals surface area contributed by atoms with Crippen LogP contribution < -0.4 is 10.6 Å². The lowest BCUT2D eigenvalue weighted by Gasteiger charge is -2.12. The Balaban J connectivity index is 1.57. The molecule has 6 heteroatoms. The molecule has 0 aliphatic rings. The van der Waals surface area contributed by atoms with E-state index in [4.69, 9.17) is 0 Å². The van der Waals surface area contributed by atoms with Gasteiger partial charge in [0.15, 0.2) is 0 Å². The first kappa shape index (κ1) is 16.5. The summed E-state index contributed by atoms with van der Waals surface area (Å²) in [4.78, 5) is 10.4. The Kier molecular flexibility index (Phi) is 4.75. The normalized spacial score (nSPS) is 10.8. The fourth-order valence-electron chi connectivity index (χ4n) is 2.66. The van der Waals surface area contributed by atoms with Crippen LogP contribution in [0.25, 0.3) is 10.9 Å². The quantitative estimate of drug-likeness (QED) is 0.502. The lowest BCUT2D eigenvalue weighted by Crippen LogP contribution is -2.07. The molecular weight excluding hydrogens is 347 g/mol. The van der Waals surface area contributed by atoms with Crippen LogP contribution in [-0.4, -0.2) is 9.97 Å². The van der Waals surface area contributed by atoms with Crippen molar-refractivity contribution >= 4 is 34.0 Å². The van der Waals surface area contributed by atoms with Crippen molar-refractivity contribution in [2.45, 2.75) is 13.1 Å². The largest absolute Gasteiger partial charge is 0.365 e. The second-order valence-electron chi connectivity index (χ2n) is 5.83. The van der Waals surface area contributed by atoms with E-state index in [2.05, 4.69) is 26.7 Å². The first-order valence-corrected chi connectivity index (χ1v) is 9.17. The van der Waals surface area contributed by atoms with Crippen LogP contribution in [-0.2, 0) is 13.1 Å². The predicted octanol–water partition coefficient (Wildman–Crippen LogP) is 5.05. The minimum absolute atomic E-state index is 0.235. The zero-order chi connectivity index (χ0) is 17.8. The van der Waals surface area contributed by atoms with Crippen molar-refractivity contribution in [1.29, 1.82) is 0 Å². The minimum atomic E-state index is -0.235. The highest BCUT2D eigenvalue weighted by atomic mass is 32.1. The first-order chi connectivity index (χ1) is 12.8. The van der Waals surface area contributed by atoms with Crippen molar-refractivity contribution in [3.05, 3.63) is 82.3 Å². The van der Waals surface area contributed by atoms with Crippen LogP contribution in [0, 0.1) is 5.82 Å². The molecule has 0 fully saturated rings. The molecule has 0 unspecified atom stereocenters. The van der Waals surface area contributed by atoms with Crippen molar-refractivity contribution in [2.75, 3.05) is 10.6 Å². The van der Waals surface area contributed by atoms with E-state index in [1.807, 2.05) is 35.7 Å². The second-order valence-corrected chi connectivity index (χ2v) is 6.86. The topological polar surface area (TPSA) is 49.8 Å². The molecule has 0 spiro atoms. The van der Waals surface area contributed by atoms with Crippen LogP contribution >= 0.6 is 11.3 Å². The van der Waals surface area contributed by atoms with Gasteiger partial charge in [-0.05, 0) is 41.3 Å². The van der Waals surface area contributed by atoms with E-state index < -0.39 is 0 Å². The maximum absolute atomic E-state index is 13.1. The molecule has 2 aromatic carbocycles. The fraction of sp³-hybridized carbons (Fsp3) is 0.100. The third kappa shape index (κ3) is 3.81. The second kappa shape index (κ2) is 7.49. The Labute approximate surface area is 154 Å². The average Bonchev–Trinajstić information content (AvgIpc) is 3.19. The SMILES string of the molecule is Fc1ccc(CNc2nc(NCc3cccs3)nc3ccccc23)cc1. The summed E-state index contributed by atoms with van der Waals surface area (Å²) in [5.74, 6) is 1.11. The number of fused-ring (bicyclic) bond motifs is 1. The van der Waals surface area contributed by atoms with Crippen LogP contribution in [0.15, 0.2) is 66.0 Å². The Morgan fingerprint density at radius 2 is 1.69 bits per heavy atom. The summed E-state index contributed by atoms with van der Waals surface area (Å²) in [6.45, 7) is 1.25. The summed E-state index contributed by atoms with van der Waals surface area (Å²) in [6, 6.07) is 18.4. The maximum atomic E-state index is 13.1. The van der Waals surface area contributed by atoms with E-state index in [-0.39, 0.29) is 5.82 Å². The van der Waals surface area contributed by atoms with Crippen molar-refractivity contribution in [2.24, 2.45) is 0 Å². The van der Waals surface area contributed by atoms with E-state index in [9.17, 15) is 4.39 Å². The molecule has 130 valence electrons. The molecule has 4 nitrogen and oxygen atoms in total. The van der Waals surface area contributed by atoms with Crippen LogP contribution in [0.1, 0.15) is 10.4 Å². The number of para-hydroxylation sites is 1. The van der Waals surface area contributed by atoms with Gasteiger partial charge in [-0.1, -0.05) is 30.3 Å². The van der Waals surface area contributed by atoms with E-state index >= 15 is 0 Å². The molecule has 0 saturated carbocycles. The summed E-state index contributed by atoms with van der Waals surface area (Å²) in [5, 5.41) is 9.63. The molecule has 0 atom stereocenters. The molecule has 0 saturated heterocycles. The number of benzene rings is 2. The smallest absolute Gasteiger partial charge is 0.225 e. The number of thiophene rings is 1. The molecule has 0 amide bonds. The number of anilines is 2. The van der Waals surface area contributed by atoms with E-state index in [0.717, 1.165) is 22.3 Å². The fourth-order valence-corrected chi connectivity index (χ4v) is 3.30. The third-order valence-corrected chi connectivity index (χ3v) is 4.85. The average molecular weight is 364 g/mol. The molecule has 4 aromatic rings. The summed E-state index contributed by atoms with van der Waals surface area (Å²) >= 11 is 1.69. The van der Waals surface area contributed by atoms with Gasteiger partial charge in [0.2, 0.25) is 5.95 Å². The predicted molar refractivity (Wildman–Crippen MR) is 105 cm³/mol. The monoisotopic (exact) mass is 364 g/mol. The lowest BCUT2D eigenvalue weighted by molar-refractivity contribution is 0.627. The number of nitrogens with one attached hydrogen (secondary N) is 2. The Hall–Kier alpha value is -2.99. The van der Waals surface area contributed by atoms with Gasteiger partial charge in [0, 0.05) is 16.8 Å². The highest BCUT2D eigenvalue weighted by molar-refractivity contribution is 7.09. The molecule has 0 bridgehead atoms. The Bertz CT molecular complexity index is 1000. The maximum Gasteiger partial charge on any atom is 0.225 e. The standard InChI is InChI=1S/C20H17FN4S/c21-15-9-7-14(8-10-15)12-22-19-17-5-1-2-6-18(17)24-20(25-19)23-13-16-4-3-11-26-16/h1-11H,12-13H2,(H2,22,23,24,25). The van der Waals surface area contributed by atoms with Gasteiger partial charge in [-0.25, -0.2) is 9.37 Å². The number of hydrogen-bond acceptors (Lipinski definition) is 5. The van der Waals surface area contributed by atoms with Crippen LogP contribution in [0.3, 0.4) is 0 Å². The molecule has 2 N–H and O–H groups in total. The minimum Gasteiger partial charge on any atom is -0.365 e. The number of nitrogens with zero attached hydrogens (tertiary/aromatic N) is 2. The van der Waals surface area contributed by atoms with Crippen LogP contribution in [0.4, 0.5) is 16.2 Å².